The Labute approximate surface area is 150 Å². The van der Waals surface area contributed by atoms with Crippen molar-refractivity contribution in [3.8, 4) is 0 Å². The highest BCUT2D eigenvalue weighted by atomic mass is 16.2. The number of aryl methyl sites for hydroxylation is 1. The summed E-state index contributed by atoms with van der Waals surface area (Å²) in [6, 6.07) is 3.52. The molecule has 25 heavy (non-hydrogen) atoms. The Morgan fingerprint density at radius 3 is 2.36 bits per heavy atom. The number of carbonyl (C=O) groups is 1. The number of nitrogens with zero attached hydrogens (tertiary/aromatic N) is 4. The van der Waals surface area contributed by atoms with E-state index in [4.69, 9.17) is 0 Å². The number of piperidine rings is 1. The van der Waals surface area contributed by atoms with Gasteiger partial charge in [-0.25, -0.2) is 0 Å². The highest BCUT2D eigenvalue weighted by Gasteiger charge is 2.22. The van der Waals surface area contributed by atoms with Crippen LogP contribution in [0.5, 0.6) is 0 Å². The van der Waals surface area contributed by atoms with Gasteiger partial charge in [-0.15, -0.1) is 0 Å². The summed E-state index contributed by atoms with van der Waals surface area (Å²) in [5, 5.41) is 0. The van der Waals surface area contributed by atoms with Crippen LogP contribution in [0.2, 0.25) is 0 Å². The van der Waals surface area contributed by atoms with E-state index in [0.717, 1.165) is 57.9 Å². The second-order valence-electron chi connectivity index (χ2n) is 7.30. The predicted molar refractivity (Wildman–Crippen MR) is 98.4 cm³/mol. The molecule has 3 heterocycles. The van der Waals surface area contributed by atoms with Crippen molar-refractivity contribution in [2.24, 2.45) is 7.05 Å². The number of carbonyl (C=O) groups excluding carboxylic acids is 1. The highest BCUT2D eigenvalue weighted by molar-refractivity contribution is 5.76. The first-order chi connectivity index (χ1) is 12.1. The van der Waals surface area contributed by atoms with Gasteiger partial charge in [0.25, 0.3) is 0 Å². The number of pyridine rings is 1. The lowest BCUT2D eigenvalue weighted by molar-refractivity contribution is -0.133. The van der Waals surface area contributed by atoms with Gasteiger partial charge < -0.3 is 14.4 Å². The van der Waals surface area contributed by atoms with Crippen LogP contribution in [0.4, 0.5) is 0 Å². The molecule has 0 bridgehead atoms. The zero-order valence-corrected chi connectivity index (χ0v) is 15.3. The Morgan fingerprint density at radius 2 is 1.68 bits per heavy atom. The van der Waals surface area contributed by atoms with E-state index in [2.05, 4.69) is 9.80 Å². The van der Waals surface area contributed by atoms with E-state index >= 15 is 0 Å². The smallest absolute Gasteiger partial charge is 0.250 e. The molecule has 0 radical (unpaired) electrons. The van der Waals surface area contributed by atoms with Crippen LogP contribution in [0.1, 0.15) is 31.2 Å². The minimum Gasteiger partial charge on any atom is -0.340 e. The molecule has 0 unspecified atom stereocenters. The molecule has 138 valence electrons. The fraction of sp³-hybridized carbons (Fsp3) is 0.684. The van der Waals surface area contributed by atoms with E-state index < -0.39 is 0 Å². The van der Waals surface area contributed by atoms with Gasteiger partial charge in [0.05, 0.1) is 0 Å². The summed E-state index contributed by atoms with van der Waals surface area (Å²) < 4.78 is 1.62. The minimum absolute atomic E-state index is 0.0212. The molecule has 1 aromatic rings. The number of piperazine rings is 1. The molecule has 2 saturated heterocycles. The average molecular weight is 346 g/mol. The van der Waals surface area contributed by atoms with E-state index in [1.54, 1.807) is 17.7 Å². The second kappa shape index (κ2) is 8.63. The van der Waals surface area contributed by atoms with E-state index in [9.17, 15) is 9.59 Å². The molecule has 2 aliphatic rings. The summed E-state index contributed by atoms with van der Waals surface area (Å²) in [4.78, 5) is 30.7. The Morgan fingerprint density at radius 1 is 0.960 bits per heavy atom. The quantitative estimate of drug-likeness (QED) is 0.795. The lowest BCUT2D eigenvalue weighted by Gasteiger charge is -2.35. The molecule has 0 N–H and O–H groups in total. The van der Waals surface area contributed by atoms with Crippen molar-refractivity contribution < 1.29 is 4.79 Å². The highest BCUT2D eigenvalue weighted by Crippen LogP contribution is 2.11. The zero-order valence-electron chi connectivity index (χ0n) is 15.3. The van der Waals surface area contributed by atoms with E-state index in [1.165, 1.54) is 19.3 Å². The first kappa shape index (κ1) is 18.1. The maximum atomic E-state index is 12.4. The number of aromatic nitrogens is 1. The Kier molecular flexibility index (Phi) is 6.26. The van der Waals surface area contributed by atoms with Gasteiger partial charge in [-0.2, -0.15) is 0 Å². The maximum Gasteiger partial charge on any atom is 0.250 e. The molecular weight excluding hydrogens is 316 g/mol. The summed E-state index contributed by atoms with van der Waals surface area (Å²) in [5.41, 5.74) is 1.17. The van der Waals surface area contributed by atoms with Crippen molar-refractivity contribution in [1.82, 2.24) is 19.3 Å². The molecule has 0 atom stereocenters. The average Bonchev–Trinajstić information content (AvgIpc) is 2.64. The van der Waals surface area contributed by atoms with Crippen LogP contribution in [-0.4, -0.2) is 71.0 Å². The van der Waals surface area contributed by atoms with Crippen LogP contribution in [0, 0.1) is 0 Å². The summed E-state index contributed by atoms with van der Waals surface area (Å²) in [5.74, 6) is 0.298. The molecule has 6 nitrogen and oxygen atoms in total. The molecule has 0 aliphatic carbocycles. The second-order valence-corrected chi connectivity index (χ2v) is 7.30. The lowest BCUT2D eigenvalue weighted by atomic mass is 10.1. The standard InChI is InChI=1S/C19H30N4O2/c1-20-15-17(5-6-18(20)24)16-22-11-13-23(14-12-22)19(25)7-10-21-8-3-2-4-9-21/h5-6,15H,2-4,7-14,16H2,1H3. The molecule has 1 amide bonds. The van der Waals surface area contributed by atoms with Crippen molar-refractivity contribution in [2.75, 3.05) is 45.8 Å². The molecule has 2 fully saturated rings. The van der Waals surface area contributed by atoms with Gasteiger partial charge in [-0.05, 0) is 31.5 Å². The third-order valence-corrected chi connectivity index (χ3v) is 5.37. The Bertz CT molecular complexity index is 629. The molecule has 0 aromatic carbocycles. The summed E-state index contributed by atoms with van der Waals surface area (Å²) in [6.45, 7) is 7.48. The normalized spacial score (nSPS) is 20.0. The van der Waals surface area contributed by atoms with Crippen LogP contribution in [0.3, 0.4) is 0 Å². The summed E-state index contributed by atoms with van der Waals surface area (Å²) in [6.07, 6.45) is 6.44. The molecule has 6 heteroatoms. The van der Waals surface area contributed by atoms with Crippen molar-refractivity contribution >= 4 is 5.91 Å². The van der Waals surface area contributed by atoms with Crippen molar-refractivity contribution in [3.05, 3.63) is 34.2 Å². The molecule has 1 aromatic heterocycles. The number of likely N-dealkylation sites (tertiary alicyclic amines) is 1. The van der Waals surface area contributed by atoms with Crippen LogP contribution in [0.15, 0.2) is 23.1 Å². The topological polar surface area (TPSA) is 48.8 Å². The van der Waals surface area contributed by atoms with Crippen molar-refractivity contribution in [1.29, 1.82) is 0 Å². The minimum atomic E-state index is 0.0212. The van der Waals surface area contributed by atoms with E-state index in [0.29, 0.717) is 12.3 Å². The molecule has 2 aliphatic heterocycles. The van der Waals surface area contributed by atoms with Gasteiger partial charge in [0.1, 0.15) is 0 Å². The van der Waals surface area contributed by atoms with Gasteiger partial charge in [0, 0.05) is 65.0 Å². The van der Waals surface area contributed by atoms with E-state index in [-0.39, 0.29) is 5.56 Å². The van der Waals surface area contributed by atoms with Gasteiger partial charge >= 0.3 is 0 Å². The van der Waals surface area contributed by atoms with Crippen LogP contribution in [-0.2, 0) is 18.4 Å². The third kappa shape index (κ3) is 5.16. The third-order valence-electron chi connectivity index (χ3n) is 5.37. The molecule has 0 spiro atoms. The van der Waals surface area contributed by atoms with Gasteiger partial charge in [-0.1, -0.05) is 12.5 Å². The first-order valence-corrected chi connectivity index (χ1v) is 9.50. The fourth-order valence-electron chi connectivity index (χ4n) is 3.75. The molecular formula is C19H30N4O2. The van der Waals surface area contributed by atoms with Crippen molar-refractivity contribution in [2.45, 2.75) is 32.2 Å². The monoisotopic (exact) mass is 346 g/mol. The maximum absolute atomic E-state index is 12.4. The number of amides is 1. The number of hydrogen-bond donors (Lipinski definition) is 0. The fourth-order valence-corrected chi connectivity index (χ4v) is 3.75. The Hall–Kier alpha value is -1.66. The number of hydrogen-bond acceptors (Lipinski definition) is 4. The van der Waals surface area contributed by atoms with Gasteiger partial charge in [-0.3, -0.25) is 14.5 Å². The molecule has 3 rings (SSSR count). The SMILES string of the molecule is Cn1cc(CN2CCN(C(=O)CCN3CCCCC3)CC2)ccc1=O. The van der Waals surface area contributed by atoms with Crippen LogP contribution < -0.4 is 5.56 Å². The van der Waals surface area contributed by atoms with Crippen LogP contribution in [0.25, 0.3) is 0 Å². The van der Waals surface area contributed by atoms with E-state index in [1.807, 2.05) is 17.2 Å². The lowest BCUT2D eigenvalue weighted by Crippen LogP contribution is -2.49. The summed E-state index contributed by atoms with van der Waals surface area (Å²) >= 11 is 0. The van der Waals surface area contributed by atoms with Crippen molar-refractivity contribution in [3.63, 3.8) is 0 Å². The molecule has 0 saturated carbocycles. The zero-order chi connectivity index (χ0) is 17.6. The van der Waals surface area contributed by atoms with Gasteiger partial charge in [0.15, 0.2) is 0 Å². The van der Waals surface area contributed by atoms with Crippen LogP contribution >= 0.6 is 0 Å². The predicted octanol–water partition coefficient (Wildman–Crippen LogP) is 0.906. The van der Waals surface area contributed by atoms with Gasteiger partial charge in [0.2, 0.25) is 11.5 Å². The Balaban J connectivity index is 1.40. The first-order valence-electron chi connectivity index (χ1n) is 9.50. The number of rotatable bonds is 5. The largest absolute Gasteiger partial charge is 0.340 e. The summed E-state index contributed by atoms with van der Waals surface area (Å²) in [7, 11) is 1.78.